The van der Waals surface area contributed by atoms with Gasteiger partial charge in [-0.25, -0.2) is 9.67 Å². The van der Waals surface area contributed by atoms with Crippen molar-refractivity contribution in [2.24, 2.45) is 0 Å². The number of aromatic nitrogens is 14. The molecule has 0 amide bonds. The predicted molar refractivity (Wildman–Crippen MR) is 210 cm³/mol. The summed E-state index contributed by atoms with van der Waals surface area (Å²) in [5.74, 6) is 0. The molecule has 0 bridgehead atoms. The smallest absolute Gasteiger partial charge is 0.0951 e. The van der Waals surface area contributed by atoms with Crippen molar-refractivity contribution in [2.45, 2.75) is 147 Å². The summed E-state index contributed by atoms with van der Waals surface area (Å²) in [7, 11) is 0. The summed E-state index contributed by atoms with van der Waals surface area (Å²) in [5.41, 5.74) is 4.37. The Bertz CT molecular complexity index is 1480. The molecule has 0 atom stereocenters. The molecule has 52 heavy (non-hydrogen) atoms. The van der Waals surface area contributed by atoms with Gasteiger partial charge in [-0.3, -0.25) is 18.7 Å². The number of hydrogen-bond donors (Lipinski definition) is 0. The van der Waals surface area contributed by atoms with Gasteiger partial charge in [0.1, 0.15) is 0 Å². The van der Waals surface area contributed by atoms with Gasteiger partial charge in [0.05, 0.1) is 35.8 Å². The largest absolute Gasteiger partial charge is 0.335 e. The summed E-state index contributed by atoms with van der Waals surface area (Å²) in [5, 5.41) is 27.6. The van der Waals surface area contributed by atoms with Crippen LogP contribution >= 0.6 is 0 Å². The molecule has 0 aromatic carbocycles. The molecule has 6 rings (SSSR count). The first-order valence-corrected chi connectivity index (χ1v) is 18.2. The van der Waals surface area contributed by atoms with Gasteiger partial charge < -0.3 is 4.57 Å². The molecule has 14 nitrogen and oxygen atoms in total. The van der Waals surface area contributed by atoms with Crippen molar-refractivity contribution < 1.29 is 0 Å². The summed E-state index contributed by atoms with van der Waals surface area (Å²) in [6.07, 6.45) is 19.1. The number of rotatable bonds is 6. The highest BCUT2D eigenvalue weighted by molar-refractivity contribution is 5.00. The second-order valence-corrected chi connectivity index (χ2v) is 14.2. The molecule has 0 spiro atoms. The Morgan fingerprint density at radius 2 is 1.12 bits per heavy atom. The molecule has 14 heteroatoms. The quantitative estimate of drug-likeness (QED) is 0.167. The fraction of sp³-hybridized carbons (Fsp3) is 0.579. The highest BCUT2D eigenvalue weighted by Gasteiger charge is 1.99. The van der Waals surface area contributed by atoms with Crippen molar-refractivity contribution in [1.82, 2.24) is 68.9 Å². The zero-order valence-electron chi connectivity index (χ0n) is 34.7. The van der Waals surface area contributed by atoms with E-state index in [0.29, 0.717) is 36.3 Å². The molecule has 0 saturated heterocycles. The third-order valence-electron chi connectivity index (χ3n) is 7.04. The van der Waals surface area contributed by atoms with E-state index in [2.05, 4.69) is 129 Å². The molecule has 0 aliphatic heterocycles. The second kappa shape index (κ2) is 23.6. The van der Waals surface area contributed by atoms with Crippen LogP contribution in [0, 0.1) is 27.7 Å². The fourth-order valence-electron chi connectivity index (χ4n) is 3.86. The summed E-state index contributed by atoms with van der Waals surface area (Å²) in [6.45, 7) is 33.2. The molecule has 0 aliphatic carbocycles. The highest BCUT2D eigenvalue weighted by atomic mass is 15.4. The maximum Gasteiger partial charge on any atom is 0.0951 e. The first-order chi connectivity index (χ1) is 24.4. The van der Waals surface area contributed by atoms with Crippen molar-refractivity contribution in [3.8, 4) is 0 Å². The van der Waals surface area contributed by atoms with Crippen molar-refractivity contribution in [2.75, 3.05) is 0 Å². The minimum atomic E-state index is 0.422. The van der Waals surface area contributed by atoms with E-state index in [9.17, 15) is 0 Å². The topological polar surface area (TPSA) is 133 Å². The van der Waals surface area contributed by atoms with Gasteiger partial charge in [0.25, 0.3) is 0 Å². The van der Waals surface area contributed by atoms with Crippen LogP contribution in [0.3, 0.4) is 0 Å². The van der Waals surface area contributed by atoms with Crippen LogP contribution in [-0.2, 0) is 0 Å². The lowest BCUT2D eigenvalue weighted by atomic mass is 10.4. The van der Waals surface area contributed by atoms with Crippen LogP contribution in [0.5, 0.6) is 0 Å². The van der Waals surface area contributed by atoms with E-state index >= 15 is 0 Å². The van der Waals surface area contributed by atoms with Crippen LogP contribution in [-0.4, -0.2) is 68.9 Å². The lowest BCUT2D eigenvalue weighted by Crippen LogP contribution is -2.00. The first kappa shape index (κ1) is 45.1. The molecule has 6 heterocycles. The second-order valence-electron chi connectivity index (χ2n) is 14.2. The van der Waals surface area contributed by atoms with Gasteiger partial charge in [0.15, 0.2) is 0 Å². The normalized spacial score (nSPS) is 10.6. The van der Waals surface area contributed by atoms with Gasteiger partial charge in [-0.2, -0.15) is 15.3 Å². The van der Waals surface area contributed by atoms with Crippen LogP contribution in [0.25, 0.3) is 0 Å². The van der Waals surface area contributed by atoms with Gasteiger partial charge in [-0.1, -0.05) is 10.4 Å². The van der Waals surface area contributed by atoms with Crippen molar-refractivity contribution in [3.05, 3.63) is 96.9 Å². The summed E-state index contributed by atoms with van der Waals surface area (Å²) < 4.78 is 11.6. The van der Waals surface area contributed by atoms with Gasteiger partial charge in [-0.05, 0) is 128 Å². The molecule has 0 unspecified atom stereocenters. The van der Waals surface area contributed by atoms with E-state index in [1.54, 1.807) is 17.1 Å². The number of aryl methyl sites for hydroxylation is 4. The Balaban J connectivity index is 0.000000312. The average Bonchev–Trinajstić information content (AvgIpc) is 3.92. The third kappa shape index (κ3) is 18.4. The summed E-state index contributed by atoms with van der Waals surface area (Å²) >= 11 is 0. The fourth-order valence-corrected chi connectivity index (χ4v) is 3.86. The van der Waals surface area contributed by atoms with E-state index in [1.165, 1.54) is 5.56 Å². The van der Waals surface area contributed by atoms with Crippen molar-refractivity contribution in [1.29, 1.82) is 0 Å². The van der Waals surface area contributed by atoms with Crippen LogP contribution in [0.4, 0.5) is 0 Å². The Morgan fingerprint density at radius 1 is 0.500 bits per heavy atom. The first-order valence-electron chi connectivity index (χ1n) is 18.2. The van der Waals surface area contributed by atoms with E-state index in [-0.39, 0.29) is 0 Å². The number of hydrogen-bond acceptors (Lipinski definition) is 8. The third-order valence-corrected chi connectivity index (χ3v) is 7.04. The van der Waals surface area contributed by atoms with Gasteiger partial charge >= 0.3 is 0 Å². The Labute approximate surface area is 312 Å². The average molecular weight is 719 g/mol. The zero-order valence-corrected chi connectivity index (χ0v) is 34.7. The standard InChI is InChI=1S/3C7H12N2.C6H11N3.C6H10N2.C5H9N3/c1-6(2)9-4-7(3)8-5-9;1-6(2)9-5-7(3)4-8-9;1-6(2)9-5-4-7(3)8-9;1-5(2)9-4-6(3)7-8-9;1-6(2)8-5-3-4-7-8;1-5(2)8-4-3-6-7-8/h3*4-6H,1-3H3;4-5H,1-3H3;3-6H,1-2H3;3-5H,1-2H3. The minimum Gasteiger partial charge on any atom is -0.335 e. The number of imidazole rings is 1. The van der Waals surface area contributed by atoms with Crippen molar-refractivity contribution in [3.63, 3.8) is 0 Å². The Kier molecular flexibility index (Phi) is 20.5. The predicted octanol–water partition coefficient (Wildman–Crippen LogP) is 8.81. The number of nitrogens with zero attached hydrogens (tertiary/aromatic N) is 14. The molecule has 0 saturated carbocycles. The molecule has 0 N–H and O–H groups in total. The summed E-state index contributed by atoms with van der Waals surface area (Å²) in [4.78, 5) is 4.10. The molecular formula is C38H66N14. The maximum absolute atomic E-state index is 4.23. The molecule has 6 aromatic heterocycles. The van der Waals surface area contributed by atoms with Crippen LogP contribution in [0.1, 0.15) is 142 Å². The van der Waals surface area contributed by atoms with Crippen LogP contribution in [0.2, 0.25) is 0 Å². The molecule has 288 valence electrons. The van der Waals surface area contributed by atoms with Gasteiger partial charge in [0, 0.05) is 79.6 Å². The molecule has 0 radical (unpaired) electrons. The van der Waals surface area contributed by atoms with E-state index in [0.717, 1.165) is 17.1 Å². The zero-order chi connectivity index (χ0) is 39.4. The lowest BCUT2D eigenvalue weighted by molar-refractivity contribution is 0.514. The molecular weight excluding hydrogens is 653 g/mol. The van der Waals surface area contributed by atoms with Gasteiger partial charge in [-0.15, -0.1) is 10.2 Å². The minimum absolute atomic E-state index is 0.422. The van der Waals surface area contributed by atoms with Gasteiger partial charge in [0.2, 0.25) is 0 Å². The van der Waals surface area contributed by atoms with Crippen LogP contribution < -0.4 is 0 Å². The molecule has 0 aliphatic rings. The van der Waals surface area contributed by atoms with E-state index < -0.39 is 0 Å². The van der Waals surface area contributed by atoms with E-state index in [1.807, 2.05) is 108 Å². The van der Waals surface area contributed by atoms with E-state index in [4.69, 9.17) is 0 Å². The van der Waals surface area contributed by atoms with Crippen molar-refractivity contribution >= 4 is 0 Å². The Morgan fingerprint density at radius 3 is 1.35 bits per heavy atom. The summed E-state index contributed by atoms with van der Waals surface area (Å²) in [6, 6.07) is 6.79. The monoisotopic (exact) mass is 719 g/mol. The molecule has 0 fully saturated rings. The Hall–Kier alpha value is -4.88. The lowest BCUT2D eigenvalue weighted by Gasteiger charge is -2.02. The van der Waals surface area contributed by atoms with Crippen LogP contribution in [0.15, 0.2) is 74.2 Å². The highest BCUT2D eigenvalue weighted by Crippen LogP contribution is 2.05. The molecule has 6 aromatic rings. The SMILES string of the molecule is CC(C)n1cccn1.CC(C)n1ccnn1.Cc1ccn(C(C)C)n1.Cc1cn(C(C)C)cn1.Cc1cn(C(C)C)nn1.Cc1cnn(C(C)C)c1. The maximum atomic E-state index is 4.23.